The van der Waals surface area contributed by atoms with Gasteiger partial charge in [-0.05, 0) is 60.2 Å². The molecule has 12 heavy (non-hydrogen) atoms. The molecule has 66 valence electrons. The van der Waals surface area contributed by atoms with Gasteiger partial charge in [0.05, 0.1) is 0 Å². The quantitative estimate of drug-likeness (QED) is 0.514. The molecular formula is C12H18. The van der Waals surface area contributed by atoms with E-state index in [2.05, 4.69) is 13.8 Å². The molecule has 7 fully saturated rings. The molecule has 0 heterocycles. The van der Waals surface area contributed by atoms with Crippen LogP contribution in [0.5, 0.6) is 0 Å². The molecular weight excluding hydrogens is 144 g/mol. The molecule has 7 saturated carbocycles. The van der Waals surface area contributed by atoms with Gasteiger partial charge >= 0.3 is 0 Å². The Morgan fingerprint density at radius 2 is 1.75 bits per heavy atom. The predicted octanol–water partition coefficient (Wildman–Crippen LogP) is 2.93. The summed E-state index contributed by atoms with van der Waals surface area (Å²) in [6, 6.07) is 0. The van der Waals surface area contributed by atoms with E-state index >= 15 is 0 Å². The molecule has 0 aromatic carbocycles. The van der Waals surface area contributed by atoms with Gasteiger partial charge in [-0.15, -0.1) is 0 Å². The van der Waals surface area contributed by atoms with Crippen molar-refractivity contribution in [3.63, 3.8) is 0 Å². The van der Waals surface area contributed by atoms with Crippen LogP contribution in [0.1, 0.15) is 33.1 Å². The normalized spacial score (nSPS) is 76.5. The van der Waals surface area contributed by atoms with E-state index in [4.69, 9.17) is 0 Å². The van der Waals surface area contributed by atoms with Crippen LogP contribution in [0.25, 0.3) is 0 Å². The average molecular weight is 162 g/mol. The highest BCUT2D eigenvalue weighted by Crippen LogP contribution is 2.85. The summed E-state index contributed by atoms with van der Waals surface area (Å²) in [5, 5.41) is 0. The van der Waals surface area contributed by atoms with Gasteiger partial charge < -0.3 is 0 Å². The van der Waals surface area contributed by atoms with Crippen LogP contribution in [0.4, 0.5) is 0 Å². The van der Waals surface area contributed by atoms with Crippen molar-refractivity contribution in [1.82, 2.24) is 0 Å². The molecule has 0 amide bonds. The maximum Gasteiger partial charge on any atom is -0.0204 e. The molecule has 0 radical (unpaired) electrons. The van der Waals surface area contributed by atoms with Gasteiger partial charge in [-0.1, -0.05) is 13.8 Å². The third-order valence-electron chi connectivity index (χ3n) is 6.32. The summed E-state index contributed by atoms with van der Waals surface area (Å²) >= 11 is 0. The first-order chi connectivity index (χ1) is 5.75. The topological polar surface area (TPSA) is 0 Å². The monoisotopic (exact) mass is 162 g/mol. The van der Waals surface area contributed by atoms with E-state index in [1.165, 1.54) is 17.8 Å². The van der Waals surface area contributed by atoms with Crippen LogP contribution in [0, 0.1) is 40.9 Å². The van der Waals surface area contributed by atoms with Crippen LogP contribution < -0.4 is 0 Å². The summed E-state index contributed by atoms with van der Waals surface area (Å²) in [4.78, 5) is 0. The van der Waals surface area contributed by atoms with Crippen LogP contribution in [-0.2, 0) is 0 Å². The molecule has 7 rings (SSSR count). The zero-order chi connectivity index (χ0) is 8.09. The molecule has 7 aliphatic rings. The van der Waals surface area contributed by atoms with E-state index in [1.807, 2.05) is 0 Å². The third kappa shape index (κ3) is 0.400. The van der Waals surface area contributed by atoms with Crippen molar-refractivity contribution in [3.8, 4) is 0 Å². The lowest BCUT2D eigenvalue weighted by Crippen LogP contribution is -2.30. The van der Waals surface area contributed by atoms with Crippen molar-refractivity contribution in [2.45, 2.75) is 33.1 Å². The lowest BCUT2D eigenvalue weighted by molar-refractivity contribution is 0.110. The number of rotatable bonds is 0. The fourth-order valence-electron chi connectivity index (χ4n) is 5.43. The Bertz CT molecular complexity index is 251. The Balaban J connectivity index is 1.81. The smallest absolute Gasteiger partial charge is 0.0204 e. The lowest BCUT2D eigenvalue weighted by atomic mass is 9.67. The highest BCUT2D eigenvalue weighted by molar-refractivity contribution is 5.27. The van der Waals surface area contributed by atoms with Crippen molar-refractivity contribution < 1.29 is 0 Å². The average Bonchev–Trinajstić information content (AvgIpc) is 2.46. The van der Waals surface area contributed by atoms with Gasteiger partial charge in [-0.2, -0.15) is 0 Å². The minimum atomic E-state index is 0.903. The highest BCUT2D eigenvalue weighted by atomic mass is 14.8. The van der Waals surface area contributed by atoms with E-state index in [0.717, 1.165) is 23.2 Å². The Morgan fingerprint density at radius 3 is 2.42 bits per heavy atom. The molecule has 0 N–H and O–H groups in total. The molecule has 0 aromatic heterocycles. The maximum atomic E-state index is 2.55. The second-order valence-corrected chi connectivity index (χ2v) is 6.08. The van der Waals surface area contributed by atoms with E-state index in [-0.39, 0.29) is 0 Å². The summed E-state index contributed by atoms with van der Waals surface area (Å²) < 4.78 is 0. The van der Waals surface area contributed by atoms with Gasteiger partial charge in [-0.3, -0.25) is 0 Å². The second-order valence-electron chi connectivity index (χ2n) is 6.08. The van der Waals surface area contributed by atoms with Gasteiger partial charge in [0.15, 0.2) is 0 Å². The Hall–Kier alpha value is 0. The molecule has 1 spiro atoms. The van der Waals surface area contributed by atoms with E-state index in [1.54, 1.807) is 19.3 Å². The lowest BCUT2D eigenvalue weighted by Gasteiger charge is -2.38. The van der Waals surface area contributed by atoms with Gasteiger partial charge in [0, 0.05) is 0 Å². The first kappa shape index (κ1) is 6.45. The van der Waals surface area contributed by atoms with Crippen molar-refractivity contribution in [3.05, 3.63) is 0 Å². The van der Waals surface area contributed by atoms with Crippen molar-refractivity contribution in [2.24, 2.45) is 40.9 Å². The van der Waals surface area contributed by atoms with Gasteiger partial charge in [0.1, 0.15) is 0 Å². The first-order valence-corrected chi connectivity index (χ1v) is 5.75. The molecule has 7 aliphatic carbocycles. The fraction of sp³-hybridized carbons (Fsp3) is 1.00. The first-order valence-electron chi connectivity index (χ1n) is 5.75. The zero-order valence-corrected chi connectivity index (χ0v) is 8.09. The maximum absolute atomic E-state index is 2.55. The summed E-state index contributed by atoms with van der Waals surface area (Å²) in [6.45, 7) is 5.07. The van der Waals surface area contributed by atoms with Crippen molar-refractivity contribution >= 4 is 0 Å². The SMILES string of the molecule is CC1C2CC(C2)C2CC13C(C)C23. The summed E-state index contributed by atoms with van der Waals surface area (Å²) in [5.41, 5.74) is 0.903. The molecule has 5 atom stereocenters. The molecule has 0 nitrogen and oxygen atoms in total. The van der Waals surface area contributed by atoms with Crippen LogP contribution in [-0.4, -0.2) is 0 Å². The predicted molar refractivity (Wildman–Crippen MR) is 48.6 cm³/mol. The highest BCUT2D eigenvalue weighted by Gasteiger charge is 2.79. The minimum absolute atomic E-state index is 0.903. The second kappa shape index (κ2) is 1.51. The van der Waals surface area contributed by atoms with Crippen LogP contribution in [0.2, 0.25) is 0 Å². The Kier molecular flexibility index (Phi) is 0.811. The number of hydrogen-bond acceptors (Lipinski definition) is 0. The van der Waals surface area contributed by atoms with Gasteiger partial charge in [0.2, 0.25) is 0 Å². The molecule has 0 aromatic rings. The van der Waals surface area contributed by atoms with Crippen molar-refractivity contribution in [2.75, 3.05) is 0 Å². The van der Waals surface area contributed by atoms with E-state index in [9.17, 15) is 0 Å². The number of hydrogen-bond donors (Lipinski definition) is 0. The third-order valence-corrected chi connectivity index (χ3v) is 6.32. The van der Waals surface area contributed by atoms with Crippen LogP contribution in [0.15, 0.2) is 0 Å². The fourth-order valence-corrected chi connectivity index (χ4v) is 5.43. The molecule has 5 unspecified atom stereocenters. The molecule has 0 heteroatoms. The zero-order valence-electron chi connectivity index (χ0n) is 8.09. The Morgan fingerprint density at radius 1 is 1.00 bits per heavy atom. The largest absolute Gasteiger partial charge is 0.0617 e. The standard InChI is InChI=1S/C12H18/c1-6-8-3-9(4-8)10-5-12(6)7(2)11(10)12/h6-11H,3-5H2,1-2H3. The van der Waals surface area contributed by atoms with E-state index < -0.39 is 0 Å². The minimum Gasteiger partial charge on any atom is -0.0617 e. The Labute approximate surface area is 74.7 Å². The molecule has 0 aliphatic heterocycles. The molecule has 4 bridgehead atoms. The van der Waals surface area contributed by atoms with Crippen molar-refractivity contribution in [1.29, 1.82) is 0 Å². The summed E-state index contributed by atoms with van der Waals surface area (Å²) in [7, 11) is 0. The van der Waals surface area contributed by atoms with Gasteiger partial charge in [-0.25, -0.2) is 0 Å². The van der Waals surface area contributed by atoms with E-state index in [0.29, 0.717) is 0 Å². The van der Waals surface area contributed by atoms with Gasteiger partial charge in [0.25, 0.3) is 0 Å². The molecule has 0 saturated heterocycles. The van der Waals surface area contributed by atoms with Crippen LogP contribution in [0.3, 0.4) is 0 Å². The summed E-state index contributed by atoms with van der Waals surface area (Å²) in [5.74, 6) is 6.93. The summed E-state index contributed by atoms with van der Waals surface area (Å²) in [6.07, 6.45) is 4.84. The van der Waals surface area contributed by atoms with Crippen LogP contribution >= 0.6 is 0 Å².